The molecular formula is C15H24N2O2. The minimum absolute atomic E-state index is 0.418. The molecule has 4 heteroatoms. The Bertz CT molecular complexity index is 421. The summed E-state index contributed by atoms with van der Waals surface area (Å²) in [6.45, 7) is 9.73. The number of amides is 1. The van der Waals surface area contributed by atoms with Crippen molar-refractivity contribution in [2.24, 2.45) is 5.73 Å². The zero-order chi connectivity index (χ0) is 14.4. The fourth-order valence-corrected chi connectivity index (χ4v) is 2.08. The maximum atomic E-state index is 11.3. The first-order valence-corrected chi connectivity index (χ1v) is 6.76. The molecule has 106 valence electrons. The molecule has 1 unspecified atom stereocenters. The van der Waals surface area contributed by atoms with Crippen molar-refractivity contribution < 1.29 is 9.53 Å². The molecule has 0 saturated carbocycles. The average molecular weight is 264 g/mol. The number of hydrogen-bond acceptors (Lipinski definition) is 3. The summed E-state index contributed by atoms with van der Waals surface area (Å²) in [4.78, 5) is 11.3. The van der Waals surface area contributed by atoms with Gasteiger partial charge in [-0.25, -0.2) is 0 Å². The van der Waals surface area contributed by atoms with Crippen LogP contribution in [0.5, 0.6) is 5.75 Å². The highest BCUT2D eigenvalue weighted by Crippen LogP contribution is 2.26. The van der Waals surface area contributed by atoms with Crippen LogP contribution in [0.4, 0.5) is 0 Å². The number of carbonyl (C=O) groups excluding carboxylic acids is 1. The van der Waals surface area contributed by atoms with Gasteiger partial charge in [-0.15, -0.1) is 0 Å². The van der Waals surface area contributed by atoms with E-state index in [0.29, 0.717) is 6.42 Å². The topological polar surface area (TPSA) is 64.3 Å². The van der Waals surface area contributed by atoms with Crippen LogP contribution in [0.3, 0.4) is 0 Å². The summed E-state index contributed by atoms with van der Waals surface area (Å²) in [5.41, 5.74) is 8.61. The van der Waals surface area contributed by atoms with E-state index in [1.807, 2.05) is 20.8 Å². The third kappa shape index (κ3) is 4.24. The van der Waals surface area contributed by atoms with Gasteiger partial charge in [0.15, 0.2) is 6.10 Å². The van der Waals surface area contributed by atoms with Crippen LogP contribution < -0.4 is 15.8 Å². The van der Waals surface area contributed by atoms with Crippen LogP contribution in [-0.4, -0.2) is 18.6 Å². The molecule has 0 spiro atoms. The van der Waals surface area contributed by atoms with E-state index in [9.17, 15) is 4.79 Å². The third-order valence-corrected chi connectivity index (χ3v) is 3.05. The molecule has 1 rings (SSSR count). The Morgan fingerprint density at radius 2 is 1.89 bits per heavy atom. The van der Waals surface area contributed by atoms with E-state index in [4.69, 9.17) is 10.5 Å². The lowest BCUT2D eigenvalue weighted by Gasteiger charge is -2.19. The fraction of sp³-hybridized carbons (Fsp3) is 0.533. The van der Waals surface area contributed by atoms with Crippen molar-refractivity contribution in [2.45, 2.75) is 46.8 Å². The molecule has 0 bridgehead atoms. The van der Waals surface area contributed by atoms with Gasteiger partial charge in [0.2, 0.25) is 0 Å². The molecule has 3 N–H and O–H groups in total. The second kappa shape index (κ2) is 7.14. The van der Waals surface area contributed by atoms with Crippen LogP contribution in [-0.2, 0) is 11.3 Å². The molecule has 0 saturated heterocycles. The van der Waals surface area contributed by atoms with E-state index in [0.717, 1.165) is 30.0 Å². The van der Waals surface area contributed by atoms with Crippen molar-refractivity contribution in [3.8, 4) is 5.75 Å². The van der Waals surface area contributed by atoms with Crippen molar-refractivity contribution in [1.29, 1.82) is 0 Å². The Morgan fingerprint density at radius 1 is 1.32 bits per heavy atom. The lowest BCUT2D eigenvalue weighted by molar-refractivity contribution is -0.124. The summed E-state index contributed by atoms with van der Waals surface area (Å²) in [5.74, 6) is 0.351. The minimum atomic E-state index is -0.558. The van der Waals surface area contributed by atoms with E-state index < -0.39 is 12.0 Å². The second-order valence-electron chi connectivity index (χ2n) is 4.76. The quantitative estimate of drug-likeness (QED) is 0.792. The Labute approximate surface area is 115 Å². The number of aryl methyl sites for hydroxylation is 2. The van der Waals surface area contributed by atoms with Gasteiger partial charge in [-0.05, 0) is 43.5 Å². The molecular weight excluding hydrogens is 240 g/mol. The third-order valence-electron chi connectivity index (χ3n) is 3.05. The summed E-state index contributed by atoms with van der Waals surface area (Å²) in [6.07, 6.45) is 0.0184. The predicted octanol–water partition coefficient (Wildman–Crippen LogP) is 2.06. The minimum Gasteiger partial charge on any atom is -0.480 e. The molecule has 0 aliphatic heterocycles. The van der Waals surface area contributed by atoms with Gasteiger partial charge in [0.1, 0.15) is 5.75 Å². The molecule has 1 atom stereocenters. The number of nitrogens with two attached hydrogens (primary N) is 1. The van der Waals surface area contributed by atoms with E-state index in [2.05, 4.69) is 24.4 Å². The number of benzene rings is 1. The van der Waals surface area contributed by atoms with Gasteiger partial charge in [-0.3, -0.25) is 4.79 Å². The Morgan fingerprint density at radius 3 is 2.32 bits per heavy atom. The van der Waals surface area contributed by atoms with Gasteiger partial charge in [0.05, 0.1) is 0 Å². The lowest BCUT2D eigenvalue weighted by Crippen LogP contribution is -2.33. The zero-order valence-electron chi connectivity index (χ0n) is 12.2. The monoisotopic (exact) mass is 264 g/mol. The Balaban J connectivity index is 2.93. The van der Waals surface area contributed by atoms with Crippen LogP contribution in [0.1, 0.15) is 37.0 Å². The summed E-state index contributed by atoms with van der Waals surface area (Å²) in [7, 11) is 0. The van der Waals surface area contributed by atoms with Gasteiger partial charge in [-0.1, -0.05) is 26.0 Å². The fourth-order valence-electron chi connectivity index (χ4n) is 2.08. The molecule has 0 aliphatic rings. The first-order chi connectivity index (χ1) is 8.99. The summed E-state index contributed by atoms with van der Waals surface area (Å²) >= 11 is 0. The Kier molecular flexibility index (Phi) is 5.83. The molecule has 0 fully saturated rings. The largest absolute Gasteiger partial charge is 0.480 e. The smallest absolute Gasteiger partial charge is 0.258 e. The van der Waals surface area contributed by atoms with Gasteiger partial charge < -0.3 is 15.8 Å². The van der Waals surface area contributed by atoms with Crippen molar-refractivity contribution in [3.05, 3.63) is 28.8 Å². The standard InChI is InChI=1S/C15H24N2O2/c1-5-13(15(16)18)19-14-10(3)7-12(8-11(14)4)9-17-6-2/h7-8,13,17H,5-6,9H2,1-4H3,(H2,16,18). The van der Waals surface area contributed by atoms with Crippen LogP contribution in [0.15, 0.2) is 12.1 Å². The summed E-state index contributed by atoms with van der Waals surface area (Å²) < 4.78 is 5.75. The van der Waals surface area contributed by atoms with Gasteiger partial charge in [-0.2, -0.15) is 0 Å². The highest BCUT2D eigenvalue weighted by atomic mass is 16.5. The SMILES string of the molecule is CCNCc1cc(C)c(OC(CC)C(N)=O)c(C)c1. The highest BCUT2D eigenvalue weighted by Gasteiger charge is 2.17. The van der Waals surface area contributed by atoms with Gasteiger partial charge in [0.25, 0.3) is 5.91 Å². The number of hydrogen-bond donors (Lipinski definition) is 2. The molecule has 1 aromatic rings. The number of primary amides is 1. The first kappa shape index (κ1) is 15.5. The molecule has 19 heavy (non-hydrogen) atoms. The molecule has 0 aliphatic carbocycles. The lowest BCUT2D eigenvalue weighted by atomic mass is 10.1. The van der Waals surface area contributed by atoms with E-state index in [1.165, 1.54) is 5.56 Å². The van der Waals surface area contributed by atoms with Crippen molar-refractivity contribution in [3.63, 3.8) is 0 Å². The van der Waals surface area contributed by atoms with E-state index in [1.54, 1.807) is 0 Å². The van der Waals surface area contributed by atoms with Crippen LogP contribution in [0, 0.1) is 13.8 Å². The van der Waals surface area contributed by atoms with Gasteiger partial charge >= 0.3 is 0 Å². The zero-order valence-corrected chi connectivity index (χ0v) is 12.2. The molecule has 0 heterocycles. The number of nitrogens with one attached hydrogen (secondary N) is 1. The van der Waals surface area contributed by atoms with Gasteiger partial charge in [0, 0.05) is 6.54 Å². The number of carbonyl (C=O) groups is 1. The molecule has 0 radical (unpaired) electrons. The normalized spacial score (nSPS) is 12.2. The number of rotatable bonds is 7. The van der Waals surface area contributed by atoms with E-state index in [-0.39, 0.29) is 0 Å². The summed E-state index contributed by atoms with van der Waals surface area (Å²) in [5, 5.41) is 3.29. The molecule has 1 aromatic carbocycles. The maximum absolute atomic E-state index is 11.3. The molecule has 0 aromatic heterocycles. The predicted molar refractivity (Wildman–Crippen MR) is 77.2 cm³/mol. The first-order valence-electron chi connectivity index (χ1n) is 6.76. The second-order valence-corrected chi connectivity index (χ2v) is 4.76. The highest BCUT2D eigenvalue weighted by molar-refractivity contribution is 5.79. The van der Waals surface area contributed by atoms with E-state index >= 15 is 0 Å². The van der Waals surface area contributed by atoms with Crippen LogP contribution in [0.2, 0.25) is 0 Å². The molecule has 4 nitrogen and oxygen atoms in total. The van der Waals surface area contributed by atoms with Crippen molar-refractivity contribution in [1.82, 2.24) is 5.32 Å². The number of ether oxygens (including phenoxy) is 1. The van der Waals surface area contributed by atoms with Crippen LogP contribution >= 0.6 is 0 Å². The molecule has 1 amide bonds. The van der Waals surface area contributed by atoms with Crippen molar-refractivity contribution in [2.75, 3.05) is 6.54 Å². The van der Waals surface area contributed by atoms with Crippen molar-refractivity contribution >= 4 is 5.91 Å². The van der Waals surface area contributed by atoms with Crippen LogP contribution in [0.25, 0.3) is 0 Å². The maximum Gasteiger partial charge on any atom is 0.258 e. The summed E-state index contributed by atoms with van der Waals surface area (Å²) in [6, 6.07) is 4.16. The average Bonchev–Trinajstić information content (AvgIpc) is 2.35. The Hall–Kier alpha value is -1.55.